The fraction of sp³-hybridized carbons (Fsp3) is 0.222. The third-order valence-electron chi connectivity index (χ3n) is 4.23. The lowest BCUT2D eigenvalue weighted by Gasteiger charge is -2.26. The molecule has 0 spiro atoms. The number of carbonyl (C=O) groups excluding carboxylic acids is 1. The lowest BCUT2D eigenvalue weighted by atomic mass is 10.3. The van der Waals surface area contributed by atoms with E-state index in [4.69, 9.17) is 9.26 Å². The molecule has 0 atom stereocenters. The monoisotopic (exact) mass is 419 g/mol. The van der Waals surface area contributed by atoms with Crippen molar-refractivity contribution in [1.82, 2.24) is 9.46 Å². The molecule has 1 aliphatic heterocycles. The SMILES string of the molecule is O=C(Nc1ccc(S(=O)(=O)N2CCOCC2)cc1)c1cc(-c2cccs2)on1. The van der Waals surface area contributed by atoms with E-state index < -0.39 is 15.9 Å². The summed E-state index contributed by atoms with van der Waals surface area (Å²) in [6.45, 7) is 1.44. The van der Waals surface area contributed by atoms with Gasteiger partial charge in [0, 0.05) is 24.8 Å². The molecule has 1 aromatic carbocycles. The van der Waals surface area contributed by atoms with Crippen LogP contribution in [0.5, 0.6) is 0 Å². The van der Waals surface area contributed by atoms with Crippen LogP contribution in [0, 0.1) is 0 Å². The van der Waals surface area contributed by atoms with Crippen LogP contribution in [0.2, 0.25) is 0 Å². The van der Waals surface area contributed by atoms with Crippen LogP contribution in [-0.2, 0) is 14.8 Å². The van der Waals surface area contributed by atoms with Crippen LogP contribution < -0.4 is 5.32 Å². The minimum Gasteiger partial charge on any atom is -0.379 e. The van der Waals surface area contributed by atoms with Crippen LogP contribution in [0.15, 0.2) is 57.3 Å². The fourth-order valence-electron chi connectivity index (χ4n) is 2.76. The van der Waals surface area contributed by atoms with Crippen LogP contribution in [0.25, 0.3) is 10.6 Å². The van der Waals surface area contributed by atoms with E-state index in [2.05, 4.69) is 10.5 Å². The first kappa shape index (κ1) is 18.8. The first-order valence-electron chi connectivity index (χ1n) is 8.54. The van der Waals surface area contributed by atoms with Crippen LogP contribution in [-0.4, -0.2) is 50.1 Å². The summed E-state index contributed by atoms with van der Waals surface area (Å²) in [5.41, 5.74) is 0.611. The zero-order valence-corrected chi connectivity index (χ0v) is 16.3. The summed E-state index contributed by atoms with van der Waals surface area (Å²) in [6, 6.07) is 11.4. The summed E-state index contributed by atoms with van der Waals surface area (Å²) < 4.78 is 37.0. The van der Waals surface area contributed by atoms with Gasteiger partial charge < -0.3 is 14.6 Å². The number of anilines is 1. The van der Waals surface area contributed by atoms with E-state index in [9.17, 15) is 13.2 Å². The number of hydrogen-bond donors (Lipinski definition) is 1. The van der Waals surface area contributed by atoms with Gasteiger partial charge in [0.25, 0.3) is 5.91 Å². The lowest BCUT2D eigenvalue weighted by Crippen LogP contribution is -2.40. The normalized spacial score (nSPS) is 15.4. The Labute approximate surface area is 165 Å². The molecule has 28 heavy (non-hydrogen) atoms. The number of morpholine rings is 1. The molecule has 1 N–H and O–H groups in total. The topological polar surface area (TPSA) is 102 Å². The maximum atomic E-state index is 12.6. The molecular weight excluding hydrogens is 402 g/mol. The number of nitrogens with one attached hydrogen (secondary N) is 1. The van der Waals surface area contributed by atoms with Crippen LogP contribution >= 0.6 is 11.3 Å². The molecule has 146 valence electrons. The molecule has 1 fully saturated rings. The number of benzene rings is 1. The second-order valence-corrected chi connectivity index (χ2v) is 8.93. The minimum atomic E-state index is -3.57. The molecule has 3 heterocycles. The van der Waals surface area contributed by atoms with E-state index in [1.807, 2.05) is 17.5 Å². The Kier molecular flexibility index (Phi) is 5.27. The summed E-state index contributed by atoms with van der Waals surface area (Å²) in [7, 11) is -3.57. The first-order chi connectivity index (χ1) is 13.5. The molecule has 10 heteroatoms. The number of amides is 1. The number of sulfonamides is 1. The van der Waals surface area contributed by atoms with Gasteiger partial charge in [-0.1, -0.05) is 11.2 Å². The Morgan fingerprint density at radius 1 is 1.14 bits per heavy atom. The average molecular weight is 419 g/mol. The summed E-state index contributed by atoms with van der Waals surface area (Å²) in [5.74, 6) is 0.0856. The molecule has 2 aromatic heterocycles. The highest BCUT2D eigenvalue weighted by Gasteiger charge is 2.26. The minimum absolute atomic E-state index is 0.147. The second kappa shape index (κ2) is 7.84. The Morgan fingerprint density at radius 2 is 1.89 bits per heavy atom. The molecule has 1 aliphatic rings. The van der Waals surface area contributed by atoms with E-state index in [0.717, 1.165) is 4.88 Å². The van der Waals surface area contributed by atoms with Crippen molar-refractivity contribution in [3.8, 4) is 10.6 Å². The zero-order chi connectivity index (χ0) is 19.6. The summed E-state index contributed by atoms with van der Waals surface area (Å²) in [5, 5.41) is 8.39. The van der Waals surface area contributed by atoms with E-state index >= 15 is 0 Å². The van der Waals surface area contributed by atoms with Crippen molar-refractivity contribution in [2.75, 3.05) is 31.6 Å². The molecule has 0 saturated carbocycles. The Bertz CT molecular complexity index is 1050. The van der Waals surface area contributed by atoms with E-state index in [-0.39, 0.29) is 10.6 Å². The largest absolute Gasteiger partial charge is 0.379 e. The van der Waals surface area contributed by atoms with Gasteiger partial charge in [-0.3, -0.25) is 4.79 Å². The molecule has 0 aliphatic carbocycles. The number of ether oxygens (including phenoxy) is 1. The van der Waals surface area contributed by atoms with E-state index in [1.165, 1.54) is 27.8 Å². The van der Waals surface area contributed by atoms with Gasteiger partial charge in [-0.15, -0.1) is 11.3 Å². The number of thiophene rings is 1. The van der Waals surface area contributed by atoms with Gasteiger partial charge in [0.1, 0.15) is 0 Å². The van der Waals surface area contributed by atoms with Gasteiger partial charge in [0.15, 0.2) is 11.5 Å². The predicted molar refractivity (Wildman–Crippen MR) is 104 cm³/mol. The first-order valence-corrected chi connectivity index (χ1v) is 10.9. The molecule has 1 amide bonds. The van der Waals surface area contributed by atoms with Gasteiger partial charge in [-0.2, -0.15) is 4.31 Å². The summed E-state index contributed by atoms with van der Waals surface area (Å²) >= 11 is 1.49. The third-order valence-corrected chi connectivity index (χ3v) is 7.02. The Hall–Kier alpha value is -2.53. The maximum Gasteiger partial charge on any atom is 0.277 e. The highest BCUT2D eigenvalue weighted by molar-refractivity contribution is 7.89. The second-order valence-electron chi connectivity index (χ2n) is 6.05. The molecule has 0 radical (unpaired) electrons. The molecule has 8 nitrogen and oxygen atoms in total. The molecular formula is C18H17N3O5S2. The third kappa shape index (κ3) is 3.85. The van der Waals surface area contributed by atoms with Crippen molar-refractivity contribution in [3.05, 3.63) is 53.5 Å². The van der Waals surface area contributed by atoms with Crippen LogP contribution in [0.4, 0.5) is 5.69 Å². The summed E-state index contributed by atoms with van der Waals surface area (Å²) in [6.07, 6.45) is 0. The summed E-state index contributed by atoms with van der Waals surface area (Å²) in [4.78, 5) is 13.4. The Morgan fingerprint density at radius 3 is 2.57 bits per heavy atom. The number of hydrogen-bond acceptors (Lipinski definition) is 7. The highest BCUT2D eigenvalue weighted by atomic mass is 32.2. The molecule has 0 bridgehead atoms. The maximum absolute atomic E-state index is 12.6. The molecule has 3 aromatic rings. The van der Waals surface area contributed by atoms with Gasteiger partial charge in [-0.05, 0) is 35.7 Å². The number of carbonyl (C=O) groups is 1. The van der Waals surface area contributed by atoms with Crippen molar-refractivity contribution in [2.45, 2.75) is 4.90 Å². The molecule has 0 unspecified atom stereocenters. The lowest BCUT2D eigenvalue weighted by molar-refractivity contribution is 0.0730. The molecule has 4 rings (SSSR count). The van der Waals surface area contributed by atoms with Crippen LogP contribution in [0.3, 0.4) is 0 Å². The fourth-order valence-corrected chi connectivity index (χ4v) is 4.84. The van der Waals surface area contributed by atoms with E-state index in [1.54, 1.807) is 18.2 Å². The Balaban J connectivity index is 1.45. The smallest absolute Gasteiger partial charge is 0.277 e. The number of nitrogens with zero attached hydrogens (tertiary/aromatic N) is 2. The van der Waals surface area contributed by atoms with Crippen molar-refractivity contribution >= 4 is 33.0 Å². The average Bonchev–Trinajstić information content (AvgIpc) is 3.41. The van der Waals surface area contributed by atoms with Crippen LogP contribution in [0.1, 0.15) is 10.5 Å². The van der Waals surface area contributed by atoms with Gasteiger partial charge >= 0.3 is 0 Å². The predicted octanol–water partition coefficient (Wildman–Crippen LogP) is 2.68. The highest BCUT2D eigenvalue weighted by Crippen LogP contribution is 2.25. The molecule has 1 saturated heterocycles. The van der Waals surface area contributed by atoms with Gasteiger partial charge in [0.2, 0.25) is 10.0 Å². The van der Waals surface area contributed by atoms with Crippen molar-refractivity contribution in [1.29, 1.82) is 0 Å². The van der Waals surface area contributed by atoms with Crippen molar-refractivity contribution < 1.29 is 22.5 Å². The van der Waals surface area contributed by atoms with Crippen molar-refractivity contribution in [3.63, 3.8) is 0 Å². The quantitative estimate of drug-likeness (QED) is 0.682. The van der Waals surface area contributed by atoms with E-state index in [0.29, 0.717) is 37.8 Å². The standard InChI is InChI=1S/C18H17N3O5S2/c22-18(15-12-16(26-20-15)17-2-1-11-27-17)19-13-3-5-14(6-4-13)28(23,24)21-7-9-25-10-8-21/h1-6,11-12H,7-10H2,(H,19,22). The number of rotatable bonds is 5. The van der Waals surface area contributed by atoms with Crippen molar-refractivity contribution in [2.24, 2.45) is 0 Å². The zero-order valence-electron chi connectivity index (χ0n) is 14.7. The van der Waals surface area contributed by atoms with Gasteiger partial charge in [0.05, 0.1) is 23.0 Å². The number of aromatic nitrogens is 1. The van der Waals surface area contributed by atoms with Gasteiger partial charge in [-0.25, -0.2) is 8.42 Å².